The van der Waals surface area contributed by atoms with Gasteiger partial charge in [0.15, 0.2) is 11.8 Å². The summed E-state index contributed by atoms with van der Waals surface area (Å²) in [5.74, 6) is 2.21. The first-order chi connectivity index (χ1) is 15.1. The van der Waals surface area contributed by atoms with Gasteiger partial charge in [0.1, 0.15) is 11.6 Å². The fourth-order valence-electron chi connectivity index (χ4n) is 3.87. The van der Waals surface area contributed by atoms with Gasteiger partial charge in [0.05, 0.1) is 30.4 Å². The number of aromatic nitrogens is 3. The van der Waals surface area contributed by atoms with E-state index in [9.17, 15) is 0 Å². The van der Waals surface area contributed by atoms with Crippen molar-refractivity contribution in [1.29, 1.82) is 0 Å². The smallest absolute Gasteiger partial charge is 0.186 e. The molecule has 1 aliphatic carbocycles. The van der Waals surface area contributed by atoms with Crippen molar-refractivity contribution in [2.45, 2.75) is 37.8 Å². The molecule has 11 heteroatoms. The van der Waals surface area contributed by atoms with Crippen LogP contribution in [0.2, 0.25) is 0 Å². The molecule has 34 heavy (non-hydrogen) atoms. The Bertz CT molecular complexity index is 1110. The van der Waals surface area contributed by atoms with Crippen LogP contribution in [0, 0.1) is 0 Å². The number of rotatable bonds is 6. The van der Waals surface area contributed by atoms with Crippen LogP contribution in [0.25, 0.3) is 23.1 Å². The van der Waals surface area contributed by atoms with Crippen LogP contribution in [0.5, 0.6) is 5.75 Å². The van der Waals surface area contributed by atoms with Gasteiger partial charge >= 0.3 is 0 Å². The van der Waals surface area contributed by atoms with Crippen molar-refractivity contribution >= 4 is 72.1 Å². The van der Waals surface area contributed by atoms with Gasteiger partial charge in [0.2, 0.25) is 0 Å². The van der Waals surface area contributed by atoms with Crippen molar-refractivity contribution in [2.24, 2.45) is 16.5 Å². The molecule has 0 radical (unpaired) electrons. The lowest BCUT2D eigenvalue weighted by Crippen LogP contribution is -2.38. The molecule has 2 aromatic heterocycles. The highest BCUT2D eigenvalue weighted by Crippen LogP contribution is 2.29. The van der Waals surface area contributed by atoms with Crippen LogP contribution >= 0.6 is 37.2 Å². The summed E-state index contributed by atoms with van der Waals surface area (Å²) in [6.45, 7) is 0. The maximum Gasteiger partial charge on any atom is 0.186 e. The number of nitrogens with one attached hydrogen (secondary N) is 1. The summed E-state index contributed by atoms with van der Waals surface area (Å²) < 4.78 is 5.42. The number of hydrogen-bond acceptors (Lipinski definition) is 6. The first-order valence-electron chi connectivity index (χ1n) is 10.4. The molecule has 5 N–H and O–H groups in total. The Morgan fingerprint density at radius 2 is 1.85 bits per heavy atom. The molecule has 1 aliphatic rings. The fourth-order valence-corrected chi connectivity index (χ4v) is 3.87. The van der Waals surface area contributed by atoms with E-state index in [2.05, 4.69) is 15.3 Å². The van der Waals surface area contributed by atoms with Crippen molar-refractivity contribution in [1.82, 2.24) is 15.0 Å². The molecular weight excluding hydrogens is 497 g/mol. The molecule has 8 nitrogen and oxygen atoms in total. The van der Waals surface area contributed by atoms with Crippen molar-refractivity contribution in [3.63, 3.8) is 0 Å². The molecular formula is C23H30Cl3N7O. The monoisotopic (exact) mass is 525 g/mol. The lowest BCUT2D eigenvalue weighted by atomic mass is 9.90. The minimum Gasteiger partial charge on any atom is -0.497 e. The molecule has 1 aromatic carbocycles. The number of anilines is 1. The van der Waals surface area contributed by atoms with Crippen LogP contribution in [0.15, 0.2) is 47.6 Å². The molecule has 0 unspecified atom stereocenters. The lowest BCUT2D eigenvalue weighted by Gasteiger charge is -2.30. The maximum absolute atomic E-state index is 5.67. The summed E-state index contributed by atoms with van der Waals surface area (Å²) in [7, 11) is 1.65. The molecule has 3 aromatic rings. The second kappa shape index (κ2) is 13.8. The first kappa shape index (κ1) is 29.2. The normalized spacial score (nSPS) is 17.1. The Morgan fingerprint density at radius 1 is 1.06 bits per heavy atom. The van der Waals surface area contributed by atoms with Crippen molar-refractivity contribution in [2.75, 3.05) is 12.4 Å². The Labute approximate surface area is 217 Å². The van der Waals surface area contributed by atoms with Gasteiger partial charge in [0.25, 0.3) is 0 Å². The van der Waals surface area contributed by atoms with Crippen LogP contribution in [0.1, 0.15) is 37.2 Å². The lowest BCUT2D eigenvalue weighted by molar-refractivity contribution is 0.405. The van der Waals surface area contributed by atoms with Crippen molar-refractivity contribution < 1.29 is 4.74 Å². The van der Waals surface area contributed by atoms with Gasteiger partial charge < -0.3 is 21.5 Å². The predicted molar refractivity (Wildman–Crippen MR) is 146 cm³/mol. The third-order valence-electron chi connectivity index (χ3n) is 5.38. The van der Waals surface area contributed by atoms with E-state index in [1.807, 2.05) is 48.6 Å². The summed E-state index contributed by atoms with van der Waals surface area (Å²) in [4.78, 5) is 18.3. The van der Waals surface area contributed by atoms with E-state index in [-0.39, 0.29) is 55.3 Å². The van der Waals surface area contributed by atoms with Crippen molar-refractivity contribution in [3.05, 3.63) is 54.1 Å². The molecule has 4 rings (SSSR count). The predicted octanol–water partition coefficient (Wildman–Crippen LogP) is 4.47. The van der Waals surface area contributed by atoms with Crippen LogP contribution in [0.4, 0.5) is 5.82 Å². The van der Waals surface area contributed by atoms with E-state index in [4.69, 9.17) is 26.2 Å². The van der Waals surface area contributed by atoms with Crippen LogP contribution in [0.3, 0.4) is 0 Å². The Balaban J connectivity index is 0.00000193. The highest BCUT2D eigenvalue weighted by Gasteiger charge is 2.26. The summed E-state index contributed by atoms with van der Waals surface area (Å²) in [6, 6.07) is 11.7. The molecule has 184 valence electrons. The molecule has 2 heterocycles. The number of benzene rings is 1. The number of halogens is 3. The van der Waals surface area contributed by atoms with Gasteiger partial charge in [-0.1, -0.05) is 18.9 Å². The second-order valence-corrected chi connectivity index (χ2v) is 7.56. The zero-order chi connectivity index (χ0) is 21.6. The summed E-state index contributed by atoms with van der Waals surface area (Å²) in [5.41, 5.74) is 13.0. The van der Waals surface area contributed by atoms with E-state index in [1.54, 1.807) is 13.3 Å². The minimum atomic E-state index is 0. The van der Waals surface area contributed by atoms with Crippen LogP contribution < -0.4 is 21.5 Å². The highest BCUT2D eigenvalue weighted by atomic mass is 35.5. The van der Waals surface area contributed by atoms with E-state index in [1.165, 1.54) is 0 Å². The summed E-state index contributed by atoms with van der Waals surface area (Å²) in [5, 5.41) is 4.49. The molecule has 0 aliphatic heterocycles. The average Bonchev–Trinajstić information content (AvgIpc) is 2.79. The summed E-state index contributed by atoms with van der Waals surface area (Å²) in [6.07, 6.45) is 9.66. The molecule has 1 fully saturated rings. The number of fused-ring (bicyclic) bond motifs is 1. The van der Waals surface area contributed by atoms with Crippen molar-refractivity contribution in [3.8, 4) is 5.75 Å². The Hall–Kier alpha value is -2.81. The number of methoxy groups -OCH3 is 1. The standard InChI is InChI=1S/C23H27N7O.3ClH/c1-31-16-10-11-18-17(14-16)22(28-19-7-2-3-8-20(19)29-23(24)25)30-21(27-18)12-9-15-6-4-5-13-26-15;;;/h4-6,9-14,19-20H,2-3,7-8H2,1H3,(H4,24,25,29)(H,27,28,30);3*1H/t19-,20+;;;/m0.../s1. The number of pyridine rings is 1. The molecule has 0 spiro atoms. The number of nitrogens with two attached hydrogens (primary N) is 2. The molecule has 0 amide bonds. The number of aliphatic imine (C=N–C) groups is 1. The van der Waals surface area contributed by atoms with Gasteiger partial charge in [-0.3, -0.25) is 4.98 Å². The average molecular weight is 527 g/mol. The molecule has 0 bridgehead atoms. The SMILES string of the molecule is COc1ccc2nc(C=Cc3ccccn3)nc(N[C@H]3CCCC[C@H]3N=C(N)N)c2c1.Cl.Cl.Cl. The van der Waals surface area contributed by atoms with E-state index in [0.29, 0.717) is 5.82 Å². The zero-order valence-electron chi connectivity index (χ0n) is 18.8. The Morgan fingerprint density at radius 3 is 2.56 bits per heavy atom. The van der Waals surface area contributed by atoms with E-state index < -0.39 is 0 Å². The summed E-state index contributed by atoms with van der Waals surface area (Å²) >= 11 is 0. The molecule has 2 atom stereocenters. The molecule has 0 saturated heterocycles. The minimum absolute atomic E-state index is 0. The van der Waals surface area contributed by atoms with Gasteiger partial charge in [0, 0.05) is 11.6 Å². The van der Waals surface area contributed by atoms with E-state index in [0.717, 1.165) is 53.8 Å². The third-order valence-corrected chi connectivity index (χ3v) is 5.38. The third kappa shape index (κ3) is 7.35. The topological polar surface area (TPSA) is 124 Å². The van der Waals surface area contributed by atoms with E-state index >= 15 is 0 Å². The fraction of sp³-hybridized carbons (Fsp3) is 0.304. The highest BCUT2D eigenvalue weighted by molar-refractivity contribution is 5.91. The van der Waals surface area contributed by atoms with Gasteiger partial charge in [-0.05, 0) is 55.3 Å². The quantitative estimate of drug-likeness (QED) is 0.320. The Kier molecular flexibility index (Phi) is 11.9. The van der Waals surface area contributed by atoms with Crippen LogP contribution in [-0.4, -0.2) is 40.1 Å². The number of guanidine groups is 1. The first-order valence-corrected chi connectivity index (χ1v) is 10.4. The van der Waals surface area contributed by atoms with Gasteiger partial charge in [-0.25, -0.2) is 15.0 Å². The zero-order valence-corrected chi connectivity index (χ0v) is 21.2. The maximum atomic E-state index is 5.67. The molecule has 1 saturated carbocycles. The van der Waals surface area contributed by atoms with Gasteiger partial charge in [-0.15, -0.1) is 37.2 Å². The largest absolute Gasteiger partial charge is 0.497 e. The number of nitrogens with zero attached hydrogens (tertiary/aromatic N) is 4. The number of ether oxygens (including phenoxy) is 1. The second-order valence-electron chi connectivity index (χ2n) is 7.56. The number of hydrogen-bond donors (Lipinski definition) is 3. The van der Waals surface area contributed by atoms with Crippen LogP contribution in [-0.2, 0) is 0 Å². The van der Waals surface area contributed by atoms with Gasteiger partial charge in [-0.2, -0.15) is 0 Å².